The Labute approximate surface area is 157 Å². The van der Waals surface area contributed by atoms with Crippen LogP contribution in [0.2, 0.25) is 0 Å². The molecule has 0 bridgehead atoms. The number of anilines is 1. The van der Waals surface area contributed by atoms with E-state index < -0.39 is 11.9 Å². The maximum absolute atomic E-state index is 13.4. The zero-order valence-corrected chi connectivity index (χ0v) is 16.0. The number of rotatable bonds is 7. The number of benzene rings is 2. The van der Waals surface area contributed by atoms with Gasteiger partial charge < -0.3 is 10.6 Å². The van der Waals surface area contributed by atoms with E-state index in [0.29, 0.717) is 23.4 Å². The minimum Gasteiger partial charge on any atom is -0.340 e. The second kappa shape index (κ2) is 9.38. The number of amides is 2. The van der Waals surface area contributed by atoms with Gasteiger partial charge in [0.25, 0.3) is 5.91 Å². The van der Waals surface area contributed by atoms with Gasteiger partial charge in [-0.15, -0.1) is 0 Å². The Morgan fingerprint density at radius 2 is 1.92 bits per heavy atom. The van der Waals surface area contributed by atoms with Gasteiger partial charge in [0.2, 0.25) is 5.91 Å². The third-order valence-electron chi connectivity index (χ3n) is 3.97. The molecule has 0 saturated heterocycles. The molecule has 0 saturated carbocycles. The quantitative estimate of drug-likeness (QED) is 0.772. The van der Waals surface area contributed by atoms with E-state index in [9.17, 15) is 14.0 Å². The molecule has 0 aliphatic heterocycles. The van der Waals surface area contributed by atoms with Gasteiger partial charge in [0.05, 0.1) is 0 Å². The van der Waals surface area contributed by atoms with Crippen molar-refractivity contribution in [3.63, 3.8) is 0 Å². The number of aryl methyl sites for hydroxylation is 2. The Hall–Kier alpha value is -2.34. The molecule has 2 aromatic rings. The molecule has 138 valence electrons. The third-order valence-corrected chi connectivity index (χ3v) is 4.61. The van der Waals surface area contributed by atoms with E-state index in [1.54, 1.807) is 43.0 Å². The van der Waals surface area contributed by atoms with Crippen LogP contribution in [0, 0.1) is 19.7 Å². The molecule has 0 spiro atoms. The summed E-state index contributed by atoms with van der Waals surface area (Å²) in [7, 11) is 0. The minimum atomic E-state index is -0.696. The van der Waals surface area contributed by atoms with Crippen LogP contribution in [0.4, 0.5) is 10.1 Å². The zero-order valence-electron chi connectivity index (χ0n) is 15.1. The molecule has 0 heterocycles. The predicted octanol–water partition coefficient (Wildman–Crippen LogP) is 3.93. The van der Waals surface area contributed by atoms with E-state index >= 15 is 0 Å². The van der Waals surface area contributed by atoms with Crippen LogP contribution in [0.5, 0.6) is 0 Å². The summed E-state index contributed by atoms with van der Waals surface area (Å²) in [5.74, 6) is -0.357. The molecule has 0 radical (unpaired) electrons. The fraction of sp³-hybridized carbons (Fsp3) is 0.300. The highest BCUT2D eigenvalue weighted by Gasteiger charge is 2.22. The molecular formula is C20H23FN2O2S. The summed E-state index contributed by atoms with van der Waals surface area (Å²) in [6.07, 6.45) is 2.42. The van der Waals surface area contributed by atoms with Crippen LogP contribution in [0.1, 0.15) is 27.9 Å². The van der Waals surface area contributed by atoms with E-state index in [4.69, 9.17) is 0 Å². The van der Waals surface area contributed by atoms with Crippen LogP contribution in [-0.4, -0.2) is 29.9 Å². The molecule has 2 rings (SSSR count). The van der Waals surface area contributed by atoms with Crippen molar-refractivity contribution in [3.05, 3.63) is 65.0 Å². The Balaban J connectivity index is 2.13. The highest BCUT2D eigenvalue weighted by Crippen LogP contribution is 2.17. The lowest BCUT2D eigenvalue weighted by Gasteiger charge is -2.19. The van der Waals surface area contributed by atoms with Gasteiger partial charge in [-0.05, 0) is 62.1 Å². The molecular weight excluding hydrogens is 351 g/mol. The molecule has 0 aliphatic carbocycles. The average molecular weight is 374 g/mol. The lowest BCUT2D eigenvalue weighted by molar-refractivity contribution is -0.118. The van der Waals surface area contributed by atoms with Gasteiger partial charge in [-0.2, -0.15) is 11.8 Å². The predicted molar refractivity (Wildman–Crippen MR) is 105 cm³/mol. The van der Waals surface area contributed by atoms with Crippen molar-refractivity contribution in [3.8, 4) is 0 Å². The zero-order chi connectivity index (χ0) is 19.1. The molecule has 1 unspecified atom stereocenters. The van der Waals surface area contributed by atoms with Gasteiger partial charge in [-0.3, -0.25) is 9.59 Å². The number of nitrogens with one attached hydrogen (secondary N) is 2. The van der Waals surface area contributed by atoms with Crippen LogP contribution in [0.25, 0.3) is 0 Å². The van der Waals surface area contributed by atoms with Gasteiger partial charge in [0, 0.05) is 11.3 Å². The normalized spacial score (nSPS) is 11.7. The van der Waals surface area contributed by atoms with E-state index in [2.05, 4.69) is 10.6 Å². The van der Waals surface area contributed by atoms with Crippen molar-refractivity contribution in [1.82, 2.24) is 5.32 Å². The summed E-state index contributed by atoms with van der Waals surface area (Å²) < 4.78 is 13.4. The van der Waals surface area contributed by atoms with Gasteiger partial charge in [0.15, 0.2) is 0 Å². The second-order valence-electron chi connectivity index (χ2n) is 6.13. The maximum Gasteiger partial charge on any atom is 0.251 e. The van der Waals surface area contributed by atoms with Gasteiger partial charge in [-0.25, -0.2) is 4.39 Å². The van der Waals surface area contributed by atoms with Crippen LogP contribution in [-0.2, 0) is 4.79 Å². The van der Waals surface area contributed by atoms with Crippen molar-refractivity contribution in [2.75, 3.05) is 17.3 Å². The van der Waals surface area contributed by atoms with E-state index in [1.165, 1.54) is 12.1 Å². The highest BCUT2D eigenvalue weighted by atomic mass is 32.2. The Bertz CT molecular complexity index is 795. The van der Waals surface area contributed by atoms with Crippen molar-refractivity contribution in [2.24, 2.45) is 0 Å². The third kappa shape index (κ3) is 5.59. The summed E-state index contributed by atoms with van der Waals surface area (Å²) in [4.78, 5) is 25.1. The van der Waals surface area contributed by atoms with Crippen molar-refractivity contribution in [1.29, 1.82) is 0 Å². The van der Waals surface area contributed by atoms with E-state index in [-0.39, 0.29) is 11.8 Å². The molecule has 6 heteroatoms. The topological polar surface area (TPSA) is 58.2 Å². The van der Waals surface area contributed by atoms with Crippen molar-refractivity contribution in [2.45, 2.75) is 26.3 Å². The first-order chi connectivity index (χ1) is 12.4. The SMILES string of the molecule is CSCCC(NC(=O)c1cccc(C)c1)C(=O)Nc1cc(F)ccc1C. The summed E-state index contributed by atoms with van der Waals surface area (Å²) in [5.41, 5.74) is 2.65. The number of carbonyl (C=O) groups excluding carboxylic acids is 2. The second-order valence-corrected chi connectivity index (χ2v) is 7.11. The minimum absolute atomic E-state index is 0.300. The highest BCUT2D eigenvalue weighted by molar-refractivity contribution is 7.98. The van der Waals surface area contributed by atoms with Gasteiger partial charge in [0.1, 0.15) is 11.9 Å². The summed E-state index contributed by atoms with van der Waals surface area (Å²) >= 11 is 1.59. The van der Waals surface area contributed by atoms with Crippen molar-refractivity contribution >= 4 is 29.3 Å². The molecule has 2 N–H and O–H groups in total. The Morgan fingerprint density at radius 3 is 2.62 bits per heavy atom. The molecule has 2 amide bonds. The van der Waals surface area contributed by atoms with Crippen molar-refractivity contribution < 1.29 is 14.0 Å². The molecule has 26 heavy (non-hydrogen) atoms. The molecule has 0 aromatic heterocycles. The first-order valence-electron chi connectivity index (χ1n) is 8.34. The summed E-state index contributed by atoms with van der Waals surface area (Å²) in [6.45, 7) is 3.69. The lowest BCUT2D eigenvalue weighted by Crippen LogP contribution is -2.44. The largest absolute Gasteiger partial charge is 0.340 e. The smallest absolute Gasteiger partial charge is 0.251 e. The first kappa shape index (κ1) is 20.0. The fourth-order valence-corrected chi connectivity index (χ4v) is 2.95. The number of hydrogen-bond donors (Lipinski definition) is 2. The van der Waals surface area contributed by atoms with E-state index in [1.807, 2.05) is 19.2 Å². The first-order valence-corrected chi connectivity index (χ1v) is 9.73. The number of carbonyl (C=O) groups is 2. The molecule has 4 nitrogen and oxygen atoms in total. The Morgan fingerprint density at radius 1 is 1.15 bits per heavy atom. The Kier molecular flexibility index (Phi) is 7.21. The van der Waals surface area contributed by atoms with E-state index in [0.717, 1.165) is 11.1 Å². The van der Waals surface area contributed by atoms with Gasteiger partial charge >= 0.3 is 0 Å². The number of halogens is 1. The standard InChI is InChI=1S/C20H23FN2O2S/c1-13-5-4-6-15(11-13)19(24)22-17(9-10-26-3)20(25)23-18-12-16(21)8-7-14(18)2/h4-8,11-12,17H,9-10H2,1-3H3,(H,22,24)(H,23,25). The van der Waals surface area contributed by atoms with Crippen LogP contribution >= 0.6 is 11.8 Å². The maximum atomic E-state index is 13.4. The molecule has 1 atom stereocenters. The molecule has 0 aliphatic rings. The van der Waals surface area contributed by atoms with Crippen LogP contribution < -0.4 is 10.6 Å². The average Bonchev–Trinajstić information content (AvgIpc) is 2.61. The fourth-order valence-electron chi connectivity index (χ4n) is 2.48. The van der Waals surface area contributed by atoms with Crippen LogP contribution in [0.15, 0.2) is 42.5 Å². The summed E-state index contributed by atoms with van der Waals surface area (Å²) in [5, 5.41) is 5.52. The van der Waals surface area contributed by atoms with Crippen LogP contribution in [0.3, 0.4) is 0 Å². The van der Waals surface area contributed by atoms with Gasteiger partial charge in [-0.1, -0.05) is 23.8 Å². The lowest BCUT2D eigenvalue weighted by atomic mass is 10.1. The molecule has 2 aromatic carbocycles. The number of hydrogen-bond acceptors (Lipinski definition) is 3. The monoisotopic (exact) mass is 374 g/mol. The summed E-state index contributed by atoms with van der Waals surface area (Å²) in [6, 6.07) is 10.7. The molecule has 0 fully saturated rings. The number of thioether (sulfide) groups is 1.